The molecule has 0 amide bonds. The first-order valence-electron chi connectivity index (χ1n) is 5.80. The van der Waals surface area contributed by atoms with Crippen LogP contribution in [0.3, 0.4) is 0 Å². The predicted molar refractivity (Wildman–Crippen MR) is 90.3 cm³/mol. The van der Waals surface area contributed by atoms with Crippen LogP contribution >= 0.6 is 37.7 Å². The van der Waals surface area contributed by atoms with Crippen LogP contribution < -0.4 is 0 Å². The smallest absolute Gasteiger partial charge is 0.205 e. The second-order valence-corrected chi connectivity index (χ2v) is 4.65. The number of nitrogens with zero attached hydrogens (tertiary/aromatic N) is 4. The molecule has 0 spiro atoms. The molecule has 110 valence electrons. The van der Waals surface area contributed by atoms with Crippen LogP contribution in [0.4, 0.5) is 0 Å². The Kier molecular flexibility index (Phi) is 7.21. The molecule has 0 radical (unpaired) electrons. The number of aryl methyl sites for hydroxylation is 1. The zero-order chi connectivity index (χ0) is 14.4. The zero-order valence-corrected chi connectivity index (χ0v) is 13.7. The van der Waals surface area contributed by atoms with Gasteiger partial charge in [0, 0.05) is 17.5 Å². The van der Waals surface area contributed by atoms with Crippen molar-refractivity contribution in [3.8, 4) is 11.4 Å². The number of nitrogens with one attached hydrogen (secondary N) is 1. The molecule has 5 nitrogen and oxygen atoms in total. The average molecular weight is 340 g/mol. The summed E-state index contributed by atoms with van der Waals surface area (Å²) in [6.07, 6.45) is 1.69. The summed E-state index contributed by atoms with van der Waals surface area (Å²) in [7, 11) is 0. The van der Waals surface area contributed by atoms with Crippen LogP contribution in [0.25, 0.3) is 11.4 Å². The summed E-state index contributed by atoms with van der Waals surface area (Å²) < 4.78 is 0. The van der Waals surface area contributed by atoms with Gasteiger partial charge in [-0.2, -0.15) is 0 Å². The molecule has 0 aliphatic carbocycles. The molecule has 0 fully saturated rings. The van der Waals surface area contributed by atoms with Gasteiger partial charge in [-0.3, -0.25) is 5.10 Å². The first kappa shape index (κ1) is 17.5. The lowest BCUT2D eigenvalue weighted by atomic mass is 10.2. The van der Waals surface area contributed by atoms with Crippen LogP contribution in [-0.4, -0.2) is 25.1 Å². The largest absolute Gasteiger partial charge is 0.258 e. The van der Waals surface area contributed by atoms with Crippen molar-refractivity contribution in [3.05, 3.63) is 48.3 Å². The van der Waals surface area contributed by atoms with Gasteiger partial charge in [-0.15, -0.1) is 42.8 Å². The summed E-state index contributed by atoms with van der Waals surface area (Å²) >= 11 is 7.93. The number of benzene rings is 1. The quantitative estimate of drug-likeness (QED) is 0.470. The second kappa shape index (κ2) is 8.66. The number of halogens is 1. The number of thiol groups is 2. The van der Waals surface area contributed by atoms with E-state index in [1.54, 1.807) is 6.20 Å². The van der Waals surface area contributed by atoms with E-state index in [2.05, 4.69) is 50.4 Å². The molecule has 1 aromatic carbocycles. The molecule has 1 N–H and O–H groups in total. The Hall–Kier alpha value is -1.57. The fourth-order valence-corrected chi connectivity index (χ4v) is 1.79. The molecular formula is C13H14ClN5S2. The van der Waals surface area contributed by atoms with Gasteiger partial charge in [0.15, 0.2) is 11.0 Å². The minimum Gasteiger partial charge on any atom is -0.258 e. The van der Waals surface area contributed by atoms with Crippen LogP contribution in [0.15, 0.2) is 52.9 Å². The van der Waals surface area contributed by atoms with E-state index in [-0.39, 0.29) is 12.4 Å². The van der Waals surface area contributed by atoms with Crippen LogP contribution in [0.1, 0.15) is 5.69 Å². The van der Waals surface area contributed by atoms with E-state index in [9.17, 15) is 0 Å². The third-order valence-corrected chi connectivity index (χ3v) is 2.72. The normalized spacial score (nSPS) is 9.29. The Balaban J connectivity index is 0.000000216. The van der Waals surface area contributed by atoms with Crippen molar-refractivity contribution in [2.45, 2.75) is 17.2 Å². The molecule has 0 saturated carbocycles. The lowest BCUT2D eigenvalue weighted by Gasteiger charge is -1.91. The minimum atomic E-state index is 0. The highest BCUT2D eigenvalue weighted by Crippen LogP contribution is 2.13. The predicted octanol–water partition coefficient (Wildman–Crippen LogP) is 3.26. The van der Waals surface area contributed by atoms with E-state index in [4.69, 9.17) is 0 Å². The van der Waals surface area contributed by atoms with Gasteiger partial charge in [0.2, 0.25) is 5.16 Å². The third-order valence-electron chi connectivity index (χ3n) is 2.30. The maximum absolute atomic E-state index is 4.08. The molecular weight excluding hydrogens is 326 g/mol. The first-order chi connectivity index (χ1) is 9.65. The summed E-state index contributed by atoms with van der Waals surface area (Å²) in [5, 5.41) is 7.60. The van der Waals surface area contributed by atoms with Gasteiger partial charge in [-0.05, 0) is 13.0 Å². The summed E-state index contributed by atoms with van der Waals surface area (Å²) in [5.41, 5.74) is 1.97. The number of rotatable bonds is 1. The van der Waals surface area contributed by atoms with Crippen LogP contribution in [-0.2, 0) is 0 Å². The van der Waals surface area contributed by atoms with Crippen molar-refractivity contribution in [3.63, 3.8) is 0 Å². The van der Waals surface area contributed by atoms with Gasteiger partial charge in [0.05, 0.1) is 0 Å². The molecule has 2 aromatic heterocycles. The topological polar surface area (TPSA) is 67.3 Å². The van der Waals surface area contributed by atoms with Gasteiger partial charge >= 0.3 is 0 Å². The SMILES string of the molecule is Cc1ccnc(S)n1.Cl.Sc1n[nH]c(-c2ccccc2)n1. The first-order valence-corrected chi connectivity index (χ1v) is 6.70. The van der Waals surface area contributed by atoms with Gasteiger partial charge in [0.1, 0.15) is 0 Å². The van der Waals surface area contributed by atoms with Crippen LogP contribution in [0.5, 0.6) is 0 Å². The zero-order valence-electron chi connectivity index (χ0n) is 11.1. The summed E-state index contributed by atoms with van der Waals surface area (Å²) in [6.45, 7) is 1.90. The van der Waals surface area contributed by atoms with Crippen molar-refractivity contribution in [1.29, 1.82) is 0 Å². The fraction of sp³-hybridized carbons (Fsp3) is 0.0769. The van der Waals surface area contributed by atoms with Crippen molar-refractivity contribution in [2.75, 3.05) is 0 Å². The van der Waals surface area contributed by atoms with E-state index in [0.29, 0.717) is 10.3 Å². The van der Waals surface area contributed by atoms with E-state index in [1.807, 2.05) is 43.3 Å². The molecule has 3 aromatic rings. The molecule has 2 heterocycles. The fourth-order valence-electron chi connectivity index (χ4n) is 1.41. The number of aromatic amines is 1. The molecule has 8 heteroatoms. The lowest BCUT2D eigenvalue weighted by molar-refractivity contribution is 0.939. The lowest BCUT2D eigenvalue weighted by Crippen LogP contribution is -1.83. The standard InChI is InChI=1S/C8H7N3S.C5H6N2S.ClH/c12-8-9-7(10-11-8)6-4-2-1-3-5-6;1-4-2-3-6-5(8)7-4;/h1-5H,(H2,9,10,11,12);2-3H,1H3,(H,6,7,8);1H. The third kappa shape index (κ3) is 5.74. The highest BCUT2D eigenvalue weighted by Gasteiger charge is 2.00. The number of H-pyrrole nitrogens is 1. The molecule has 0 aliphatic rings. The maximum atomic E-state index is 4.08. The van der Waals surface area contributed by atoms with E-state index >= 15 is 0 Å². The molecule has 0 bridgehead atoms. The van der Waals surface area contributed by atoms with E-state index < -0.39 is 0 Å². The second-order valence-electron chi connectivity index (χ2n) is 3.85. The highest BCUT2D eigenvalue weighted by atomic mass is 35.5. The molecule has 3 rings (SSSR count). The number of hydrogen-bond donors (Lipinski definition) is 3. The number of aromatic nitrogens is 5. The van der Waals surface area contributed by atoms with Crippen molar-refractivity contribution in [2.24, 2.45) is 0 Å². The Morgan fingerprint density at radius 3 is 2.14 bits per heavy atom. The molecule has 21 heavy (non-hydrogen) atoms. The monoisotopic (exact) mass is 339 g/mol. The van der Waals surface area contributed by atoms with E-state index in [0.717, 1.165) is 17.1 Å². The molecule has 0 unspecified atom stereocenters. The molecule has 0 aliphatic heterocycles. The average Bonchev–Trinajstić information content (AvgIpc) is 2.87. The molecule has 0 saturated heterocycles. The van der Waals surface area contributed by atoms with Crippen molar-refractivity contribution in [1.82, 2.24) is 25.1 Å². The van der Waals surface area contributed by atoms with Crippen LogP contribution in [0, 0.1) is 6.92 Å². The van der Waals surface area contributed by atoms with Crippen molar-refractivity contribution < 1.29 is 0 Å². The van der Waals surface area contributed by atoms with E-state index in [1.165, 1.54) is 0 Å². The maximum Gasteiger partial charge on any atom is 0.205 e. The summed E-state index contributed by atoms with van der Waals surface area (Å²) in [4.78, 5) is 11.8. The number of hydrogen-bond acceptors (Lipinski definition) is 6. The summed E-state index contributed by atoms with van der Waals surface area (Å²) in [6, 6.07) is 11.6. The van der Waals surface area contributed by atoms with Gasteiger partial charge in [-0.25, -0.2) is 15.0 Å². The Morgan fingerprint density at radius 1 is 0.952 bits per heavy atom. The van der Waals surface area contributed by atoms with Gasteiger partial charge < -0.3 is 0 Å². The Labute approximate surface area is 139 Å². The minimum absolute atomic E-state index is 0. The van der Waals surface area contributed by atoms with Gasteiger partial charge in [-0.1, -0.05) is 30.3 Å². The van der Waals surface area contributed by atoms with Crippen molar-refractivity contribution >= 4 is 37.7 Å². The highest BCUT2D eigenvalue weighted by molar-refractivity contribution is 7.80. The Bertz CT molecular complexity index is 658. The van der Waals surface area contributed by atoms with Gasteiger partial charge in [0.25, 0.3) is 0 Å². The van der Waals surface area contributed by atoms with Crippen LogP contribution in [0.2, 0.25) is 0 Å². The summed E-state index contributed by atoms with van der Waals surface area (Å²) in [5.74, 6) is 0.751. The Morgan fingerprint density at radius 2 is 1.67 bits per heavy atom. The molecule has 0 atom stereocenters.